The van der Waals surface area contributed by atoms with Crippen LogP contribution < -0.4 is 16.0 Å². The summed E-state index contributed by atoms with van der Waals surface area (Å²) in [7, 11) is 0. The molecule has 0 spiro atoms. The van der Waals surface area contributed by atoms with Gasteiger partial charge in [-0.3, -0.25) is 9.59 Å². The molecule has 0 saturated carbocycles. The van der Waals surface area contributed by atoms with Crippen LogP contribution in [0, 0.1) is 5.41 Å². The molecule has 7 nitrogen and oxygen atoms in total. The molecule has 0 aliphatic heterocycles. The highest BCUT2D eigenvalue weighted by atomic mass is 16.4. The lowest BCUT2D eigenvalue weighted by molar-refractivity contribution is -0.142. The Morgan fingerprint density at radius 2 is 1.65 bits per heavy atom. The first kappa shape index (κ1) is 21.4. The molecule has 0 unspecified atom stereocenters. The van der Waals surface area contributed by atoms with Crippen molar-refractivity contribution in [3.05, 3.63) is 0 Å². The van der Waals surface area contributed by atoms with E-state index in [2.05, 4.69) is 16.0 Å². The largest absolute Gasteiger partial charge is 0.480 e. The first-order valence-corrected chi connectivity index (χ1v) is 8.03. The van der Waals surface area contributed by atoms with Crippen LogP contribution in [0.3, 0.4) is 0 Å². The molecule has 0 rings (SSSR count). The Hall–Kier alpha value is -1.63. The first-order chi connectivity index (χ1) is 10.5. The molecule has 0 heterocycles. The van der Waals surface area contributed by atoms with E-state index in [0.717, 1.165) is 0 Å². The Labute approximate surface area is 138 Å². The third-order valence-corrected chi connectivity index (χ3v) is 2.98. The summed E-state index contributed by atoms with van der Waals surface area (Å²) in [5.74, 6) is -1.65. The molecule has 0 aromatic heterocycles. The zero-order chi connectivity index (χ0) is 18.0. The van der Waals surface area contributed by atoms with Gasteiger partial charge in [-0.15, -0.1) is 0 Å². The third kappa shape index (κ3) is 12.6. The fraction of sp³-hybridized carbons (Fsp3) is 0.812. The van der Waals surface area contributed by atoms with E-state index < -0.39 is 12.0 Å². The summed E-state index contributed by atoms with van der Waals surface area (Å²) in [5.41, 5.74) is -0.214. The van der Waals surface area contributed by atoms with Gasteiger partial charge >= 0.3 is 5.97 Å². The average molecular weight is 329 g/mol. The van der Waals surface area contributed by atoms with E-state index >= 15 is 0 Å². The van der Waals surface area contributed by atoms with E-state index in [1.807, 2.05) is 34.6 Å². The van der Waals surface area contributed by atoms with Crippen LogP contribution in [0.1, 0.15) is 53.9 Å². The second kappa shape index (κ2) is 10.2. The Morgan fingerprint density at radius 1 is 1.04 bits per heavy atom. The zero-order valence-electron chi connectivity index (χ0n) is 14.9. The molecule has 0 bridgehead atoms. The van der Waals surface area contributed by atoms with Crippen molar-refractivity contribution in [3.8, 4) is 0 Å². The molecule has 0 saturated heterocycles. The van der Waals surface area contributed by atoms with E-state index in [1.54, 1.807) is 0 Å². The molecule has 0 aliphatic carbocycles. The lowest BCUT2D eigenvalue weighted by Gasteiger charge is -2.20. The number of carbonyl (C=O) groups excluding carboxylic acids is 2. The minimum Gasteiger partial charge on any atom is -0.480 e. The monoisotopic (exact) mass is 329 g/mol. The highest BCUT2D eigenvalue weighted by Gasteiger charge is 2.23. The van der Waals surface area contributed by atoms with Crippen molar-refractivity contribution in [2.75, 3.05) is 13.1 Å². The van der Waals surface area contributed by atoms with E-state index in [9.17, 15) is 14.4 Å². The van der Waals surface area contributed by atoms with E-state index in [1.165, 1.54) is 0 Å². The van der Waals surface area contributed by atoms with Gasteiger partial charge in [0.1, 0.15) is 6.04 Å². The fourth-order valence-corrected chi connectivity index (χ4v) is 1.91. The number of carbonyl (C=O) groups is 3. The summed E-state index contributed by atoms with van der Waals surface area (Å²) < 4.78 is 0. The molecule has 0 aromatic rings. The predicted molar refractivity (Wildman–Crippen MR) is 89.0 cm³/mol. The fourth-order valence-electron chi connectivity index (χ4n) is 1.91. The van der Waals surface area contributed by atoms with Crippen molar-refractivity contribution >= 4 is 17.8 Å². The van der Waals surface area contributed by atoms with Crippen LogP contribution in [0.5, 0.6) is 0 Å². The van der Waals surface area contributed by atoms with Crippen LogP contribution in [0.15, 0.2) is 0 Å². The number of carboxylic acid groups (broad SMARTS) is 1. The minimum absolute atomic E-state index is 0.0639. The zero-order valence-corrected chi connectivity index (χ0v) is 14.9. The van der Waals surface area contributed by atoms with Crippen LogP contribution in [0.25, 0.3) is 0 Å². The van der Waals surface area contributed by atoms with Gasteiger partial charge in [-0.1, -0.05) is 34.6 Å². The summed E-state index contributed by atoms with van der Waals surface area (Å²) in [6.07, 6.45) is 0.382. The standard InChI is InChI=1S/C16H31N3O4/c1-11(2)17-8-9-18-13(20)7-6-12(15(22)23)19-14(21)10-16(3,4)5/h11-12,17H,6-10H2,1-5H3,(H,18,20)(H,19,21)(H,22,23)/t12-/m0/s1. The molecule has 0 aromatic carbocycles. The maximum absolute atomic E-state index is 11.8. The predicted octanol–water partition coefficient (Wildman–Crippen LogP) is 0.886. The number of amides is 2. The number of rotatable bonds is 10. The van der Waals surface area contributed by atoms with Gasteiger partial charge in [0.15, 0.2) is 0 Å². The highest BCUT2D eigenvalue weighted by Crippen LogP contribution is 2.18. The summed E-state index contributed by atoms with van der Waals surface area (Å²) in [5, 5.41) is 17.5. The maximum Gasteiger partial charge on any atom is 0.326 e. The van der Waals surface area contributed by atoms with Gasteiger partial charge in [0, 0.05) is 32.0 Å². The van der Waals surface area contributed by atoms with Gasteiger partial charge < -0.3 is 21.1 Å². The molecule has 7 heteroatoms. The van der Waals surface area contributed by atoms with E-state index in [0.29, 0.717) is 19.1 Å². The summed E-state index contributed by atoms with van der Waals surface area (Å²) in [4.78, 5) is 34.7. The average Bonchev–Trinajstić information content (AvgIpc) is 2.36. The van der Waals surface area contributed by atoms with Crippen molar-refractivity contribution < 1.29 is 19.5 Å². The van der Waals surface area contributed by atoms with Crippen LogP contribution in [0.2, 0.25) is 0 Å². The molecule has 0 aliphatic rings. The first-order valence-electron chi connectivity index (χ1n) is 8.03. The van der Waals surface area contributed by atoms with Gasteiger partial charge in [0.25, 0.3) is 0 Å². The van der Waals surface area contributed by atoms with Gasteiger partial charge in [0.05, 0.1) is 0 Å². The van der Waals surface area contributed by atoms with Gasteiger partial charge in [0.2, 0.25) is 11.8 Å². The quantitative estimate of drug-likeness (QED) is 0.445. The van der Waals surface area contributed by atoms with Crippen molar-refractivity contribution in [1.29, 1.82) is 0 Å². The Morgan fingerprint density at radius 3 is 2.13 bits per heavy atom. The van der Waals surface area contributed by atoms with Crippen molar-refractivity contribution in [1.82, 2.24) is 16.0 Å². The maximum atomic E-state index is 11.8. The molecule has 0 fully saturated rings. The highest BCUT2D eigenvalue weighted by molar-refractivity contribution is 5.84. The SMILES string of the molecule is CC(C)NCCNC(=O)CC[C@H](NC(=O)CC(C)(C)C)C(=O)O. The lowest BCUT2D eigenvalue weighted by Crippen LogP contribution is -2.43. The Kier molecular flexibility index (Phi) is 9.48. The summed E-state index contributed by atoms with van der Waals surface area (Å²) in [6.45, 7) is 10.9. The van der Waals surface area contributed by atoms with Crippen LogP contribution in [-0.2, 0) is 14.4 Å². The number of hydrogen-bond donors (Lipinski definition) is 4. The number of aliphatic carboxylic acids is 1. The van der Waals surface area contributed by atoms with Gasteiger partial charge in [-0.2, -0.15) is 0 Å². The van der Waals surface area contributed by atoms with Gasteiger partial charge in [-0.25, -0.2) is 4.79 Å². The van der Waals surface area contributed by atoms with Crippen molar-refractivity contribution in [2.45, 2.75) is 66.0 Å². The Bertz CT molecular complexity index is 403. The smallest absolute Gasteiger partial charge is 0.326 e. The van der Waals surface area contributed by atoms with Crippen molar-refractivity contribution in [3.63, 3.8) is 0 Å². The summed E-state index contributed by atoms with van der Waals surface area (Å²) >= 11 is 0. The molecule has 134 valence electrons. The normalized spacial score (nSPS) is 12.8. The van der Waals surface area contributed by atoms with Crippen molar-refractivity contribution in [2.24, 2.45) is 5.41 Å². The Balaban J connectivity index is 4.16. The summed E-state index contributed by atoms with van der Waals surface area (Å²) in [6, 6.07) is -0.689. The molecule has 23 heavy (non-hydrogen) atoms. The molecular formula is C16H31N3O4. The lowest BCUT2D eigenvalue weighted by atomic mass is 9.92. The molecule has 0 radical (unpaired) electrons. The molecular weight excluding hydrogens is 298 g/mol. The number of hydrogen-bond acceptors (Lipinski definition) is 4. The third-order valence-electron chi connectivity index (χ3n) is 2.98. The van der Waals surface area contributed by atoms with Crippen LogP contribution >= 0.6 is 0 Å². The van der Waals surface area contributed by atoms with Gasteiger partial charge in [-0.05, 0) is 11.8 Å². The molecule has 2 amide bonds. The topological polar surface area (TPSA) is 108 Å². The van der Waals surface area contributed by atoms with E-state index in [4.69, 9.17) is 5.11 Å². The minimum atomic E-state index is -1.12. The number of nitrogens with one attached hydrogen (secondary N) is 3. The second-order valence-electron chi connectivity index (χ2n) is 7.19. The molecule has 1 atom stereocenters. The van der Waals surface area contributed by atoms with Crippen LogP contribution in [0.4, 0.5) is 0 Å². The number of carboxylic acids is 1. The van der Waals surface area contributed by atoms with Crippen LogP contribution in [-0.4, -0.2) is 48.1 Å². The second-order valence-corrected chi connectivity index (χ2v) is 7.19. The van der Waals surface area contributed by atoms with E-state index in [-0.39, 0.29) is 36.5 Å². The molecule has 4 N–H and O–H groups in total.